The van der Waals surface area contributed by atoms with Gasteiger partial charge >= 0.3 is 0 Å². The topological polar surface area (TPSA) is 29.1 Å². The van der Waals surface area contributed by atoms with E-state index in [0.717, 1.165) is 19.4 Å². The van der Waals surface area contributed by atoms with Crippen LogP contribution in [-0.2, 0) is 4.79 Å². The summed E-state index contributed by atoms with van der Waals surface area (Å²) in [5, 5.41) is 3.16. The molecule has 0 aromatic carbocycles. The summed E-state index contributed by atoms with van der Waals surface area (Å²) >= 11 is 3.72. The van der Waals surface area contributed by atoms with Crippen molar-refractivity contribution in [2.24, 2.45) is 11.3 Å². The number of hydrogen-bond acceptors (Lipinski definition) is 1. The molecule has 1 atom stereocenters. The number of halogens is 1. The van der Waals surface area contributed by atoms with Crippen molar-refractivity contribution in [1.82, 2.24) is 5.32 Å². The Morgan fingerprint density at radius 1 is 1.22 bits per heavy atom. The number of amides is 1. The number of alkyl halides is 1. The molecule has 0 radical (unpaired) electrons. The number of rotatable bonds is 6. The van der Waals surface area contributed by atoms with Crippen molar-refractivity contribution in [3.8, 4) is 0 Å². The van der Waals surface area contributed by atoms with Crippen LogP contribution in [0.25, 0.3) is 0 Å². The lowest BCUT2D eigenvalue weighted by atomic mass is 9.75. The van der Waals surface area contributed by atoms with Gasteiger partial charge in [-0.3, -0.25) is 4.79 Å². The predicted molar refractivity (Wildman–Crippen MR) is 81.0 cm³/mol. The van der Waals surface area contributed by atoms with Gasteiger partial charge < -0.3 is 5.32 Å². The van der Waals surface area contributed by atoms with Crippen molar-refractivity contribution in [3.05, 3.63) is 0 Å². The minimum atomic E-state index is -0.112. The molecule has 1 N–H and O–H groups in total. The monoisotopic (exact) mass is 317 g/mol. The number of carbonyl (C=O) groups is 1. The second kappa shape index (κ2) is 7.52. The van der Waals surface area contributed by atoms with Gasteiger partial charge in [-0.1, -0.05) is 68.8 Å². The number of hydrogen-bond donors (Lipinski definition) is 1. The van der Waals surface area contributed by atoms with Gasteiger partial charge in [-0.05, 0) is 18.8 Å². The third-order valence-electron chi connectivity index (χ3n) is 4.52. The van der Waals surface area contributed by atoms with E-state index in [1.807, 2.05) is 0 Å². The van der Waals surface area contributed by atoms with E-state index in [2.05, 4.69) is 42.0 Å². The molecule has 18 heavy (non-hydrogen) atoms. The number of nitrogens with one attached hydrogen (secondary N) is 1. The lowest BCUT2D eigenvalue weighted by Gasteiger charge is -2.32. The molecule has 0 saturated heterocycles. The Morgan fingerprint density at radius 2 is 1.78 bits per heavy atom. The molecule has 0 bridgehead atoms. The van der Waals surface area contributed by atoms with Crippen LogP contribution >= 0.6 is 15.9 Å². The first-order valence-corrected chi connectivity index (χ1v) is 8.37. The van der Waals surface area contributed by atoms with Crippen molar-refractivity contribution in [3.63, 3.8) is 0 Å². The molecule has 0 aromatic heterocycles. The largest absolute Gasteiger partial charge is 0.354 e. The van der Waals surface area contributed by atoms with Crippen molar-refractivity contribution in [2.45, 2.75) is 70.5 Å². The van der Waals surface area contributed by atoms with Gasteiger partial charge in [-0.15, -0.1) is 0 Å². The van der Waals surface area contributed by atoms with E-state index in [1.165, 1.54) is 32.1 Å². The molecule has 1 amide bonds. The molecule has 0 aliphatic heterocycles. The van der Waals surface area contributed by atoms with Crippen LogP contribution in [0.1, 0.15) is 65.7 Å². The van der Waals surface area contributed by atoms with Crippen LogP contribution in [0.15, 0.2) is 0 Å². The Hall–Kier alpha value is -0.0500. The highest BCUT2D eigenvalue weighted by molar-refractivity contribution is 9.09. The van der Waals surface area contributed by atoms with Crippen molar-refractivity contribution in [1.29, 1.82) is 0 Å². The van der Waals surface area contributed by atoms with Gasteiger partial charge in [-0.2, -0.15) is 0 Å². The average molecular weight is 318 g/mol. The predicted octanol–water partition coefficient (Wildman–Crippen LogP) is 4.27. The Kier molecular flexibility index (Phi) is 6.68. The van der Waals surface area contributed by atoms with Gasteiger partial charge in [0.05, 0.1) is 0 Å². The summed E-state index contributed by atoms with van der Waals surface area (Å²) in [5.74, 6) is 0.919. The van der Waals surface area contributed by atoms with Crippen molar-refractivity contribution >= 4 is 21.8 Å². The fraction of sp³-hybridized carbons (Fsp3) is 0.933. The summed E-state index contributed by atoms with van der Waals surface area (Å²) in [6.45, 7) is 7.32. The van der Waals surface area contributed by atoms with E-state index in [-0.39, 0.29) is 11.3 Å². The van der Waals surface area contributed by atoms with E-state index in [9.17, 15) is 4.79 Å². The van der Waals surface area contributed by atoms with Crippen LogP contribution in [0.4, 0.5) is 0 Å². The fourth-order valence-electron chi connectivity index (χ4n) is 2.93. The molecule has 1 aliphatic rings. The van der Waals surface area contributed by atoms with E-state index < -0.39 is 0 Å². The van der Waals surface area contributed by atoms with Crippen molar-refractivity contribution < 1.29 is 4.79 Å². The first-order chi connectivity index (χ1) is 8.53. The van der Waals surface area contributed by atoms with Crippen LogP contribution < -0.4 is 5.32 Å². The van der Waals surface area contributed by atoms with Gasteiger partial charge in [0, 0.05) is 16.8 Å². The summed E-state index contributed by atoms with van der Waals surface area (Å²) in [6.07, 6.45) is 8.13. The molecule has 0 spiro atoms. The maximum atomic E-state index is 12.3. The van der Waals surface area contributed by atoms with Gasteiger partial charge in [0.15, 0.2) is 0 Å². The van der Waals surface area contributed by atoms with Gasteiger partial charge in [0.1, 0.15) is 0 Å². The summed E-state index contributed by atoms with van der Waals surface area (Å²) in [6, 6.07) is 0. The summed E-state index contributed by atoms with van der Waals surface area (Å²) in [7, 11) is 0. The Labute approximate surface area is 120 Å². The lowest BCUT2D eigenvalue weighted by Crippen LogP contribution is -2.43. The first kappa shape index (κ1) is 16.0. The normalized spacial score (nSPS) is 20.7. The van der Waals surface area contributed by atoms with Crippen LogP contribution in [0.2, 0.25) is 0 Å². The molecule has 2 nitrogen and oxygen atoms in total. The molecular formula is C15H28BrNO. The molecule has 1 aliphatic carbocycles. The quantitative estimate of drug-likeness (QED) is 0.728. The fourth-order valence-corrected chi connectivity index (χ4v) is 3.84. The molecule has 1 unspecified atom stereocenters. The van der Waals surface area contributed by atoms with E-state index in [4.69, 9.17) is 0 Å². The third-order valence-corrected chi connectivity index (χ3v) is 5.59. The molecule has 1 rings (SSSR count). The standard InChI is InChI=1S/C15H28BrNO/c1-4-12(5-2)13(16)11-17-14(18)15(3)9-7-6-8-10-15/h12-13H,4-11H2,1-3H3,(H,17,18). The third kappa shape index (κ3) is 4.25. The molecule has 3 heteroatoms. The molecule has 106 valence electrons. The SMILES string of the molecule is CCC(CC)C(Br)CNC(=O)C1(C)CCCCC1. The van der Waals surface area contributed by atoms with Gasteiger partial charge in [-0.25, -0.2) is 0 Å². The van der Waals surface area contributed by atoms with E-state index in [0.29, 0.717) is 10.7 Å². The highest BCUT2D eigenvalue weighted by Gasteiger charge is 2.34. The van der Waals surface area contributed by atoms with Crippen molar-refractivity contribution in [2.75, 3.05) is 6.54 Å². The first-order valence-electron chi connectivity index (χ1n) is 7.46. The summed E-state index contributed by atoms with van der Waals surface area (Å²) in [5.41, 5.74) is -0.112. The smallest absolute Gasteiger partial charge is 0.225 e. The second-order valence-electron chi connectivity index (χ2n) is 5.92. The van der Waals surface area contributed by atoms with Gasteiger partial charge in [0.25, 0.3) is 0 Å². The maximum absolute atomic E-state index is 12.3. The van der Waals surface area contributed by atoms with Crippen LogP contribution in [0, 0.1) is 11.3 Å². The minimum Gasteiger partial charge on any atom is -0.354 e. The lowest BCUT2D eigenvalue weighted by molar-refractivity contribution is -0.131. The molecule has 1 saturated carbocycles. The summed E-state index contributed by atoms with van der Waals surface area (Å²) < 4.78 is 0. The van der Waals surface area contributed by atoms with Crippen LogP contribution in [0.5, 0.6) is 0 Å². The molecular weight excluding hydrogens is 290 g/mol. The maximum Gasteiger partial charge on any atom is 0.225 e. The van der Waals surface area contributed by atoms with Crippen LogP contribution in [-0.4, -0.2) is 17.3 Å². The molecule has 0 heterocycles. The highest BCUT2D eigenvalue weighted by atomic mass is 79.9. The summed E-state index contributed by atoms with van der Waals surface area (Å²) in [4.78, 5) is 12.7. The zero-order valence-corrected chi connectivity index (χ0v) is 13.7. The highest BCUT2D eigenvalue weighted by Crippen LogP contribution is 2.35. The molecule has 0 aromatic rings. The van der Waals surface area contributed by atoms with Crippen LogP contribution in [0.3, 0.4) is 0 Å². The zero-order chi connectivity index (χ0) is 13.6. The average Bonchev–Trinajstić information content (AvgIpc) is 2.38. The second-order valence-corrected chi connectivity index (χ2v) is 7.10. The minimum absolute atomic E-state index is 0.112. The molecule has 1 fully saturated rings. The van der Waals surface area contributed by atoms with Gasteiger partial charge in [0.2, 0.25) is 5.91 Å². The Morgan fingerprint density at radius 3 is 2.28 bits per heavy atom. The zero-order valence-electron chi connectivity index (χ0n) is 12.1. The van der Waals surface area contributed by atoms with E-state index >= 15 is 0 Å². The Balaban J connectivity index is 2.40. The van der Waals surface area contributed by atoms with E-state index in [1.54, 1.807) is 0 Å². The number of carbonyl (C=O) groups excluding carboxylic acids is 1. The Bertz CT molecular complexity index is 257.